The van der Waals surface area contributed by atoms with E-state index in [9.17, 15) is 0 Å². The van der Waals surface area contributed by atoms with E-state index in [0.717, 1.165) is 23.3 Å². The molecule has 1 saturated carbocycles. The number of nitrogens with one attached hydrogen (secondary N) is 1. The fourth-order valence-corrected chi connectivity index (χ4v) is 2.60. The second-order valence-electron chi connectivity index (χ2n) is 6.61. The van der Waals surface area contributed by atoms with Crippen molar-refractivity contribution in [3.63, 3.8) is 0 Å². The van der Waals surface area contributed by atoms with E-state index in [1.165, 1.54) is 19.3 Å². The topological polar surface area (TPSA) is 37.8 Å². The van der Waals surface area contributed by atoms with Crippen LogP contribution in [0.4, 0.5) is 5.82 Å². The lowest BCUT2D eigenvalue weighted by atomic mass is 9.91. The third-order valence-electron chi connectivity index (χ3n) is 3.83. The molecule has 2 unspecified atom stereocenters. The van der Waals surface area contributed by atoms with Gasteiger partial charge in [-0.15, -0.1) is 0 Å². The van der Waals surface area contributed by atoms with Gasteiger partial charge in [0.05, 0.1) is 5.69 Å². The van der Waals surface area contributed by atoms with Crippen LogP contribution in [-0.2, 0) is 5.41 Å². The Labute approximate surface area is 110 Å². The van der Waals surface area contributed by atoms with Crippen LogP contribution in [-0.4, -0.2) is 17.0 Å². The van der Waals surface area contributed by atoms with Gasteiger partial charge in [0.2, 0.25) is 0 Å². The Balaban J connectivity index is 2.35. The predicted octanol–water partition coefficient (Wildman–Crippen LogP) is 3.72. The van der Waals surface area contributed by atoms with Crippen LogP contribution in [0.15, 0.2) is 6.07 Å². The molecule has 18 heavy (non-hydrogen) atoms. The van der Waals surface area contributed by atoms with Crippen molar-refractivity contribution >= 4 is 5.82 Å². The maximum Gasteiger partial charge on any atom is 0.134 e. The van der Waals surface area contributed by atoms with Crippen molar-refractivity contribution in [2.75, 3.05) is 12.4 Å². The van der Waals surface area contributed by atoms with E-state index >= 15 is 0 Å². The fraction of sp³-hybridized carbons (Fsp3) is 0.733. The minimum Gasteiger partial charge on any atom is -0.373 e. The second-order valence-corrected chi connectivity index (χ2v) is 6.61. The first-order chi connectivity index (χ1) is 8.40. The average molecular weight is 247 g/mol. The van der Waals surface area contributed by atoms with Crippen LogP contribution in [0, 0.1) is 5.92 Å². The van der Waals surface area contributed by atoms with Gasteiger partial charge in [0.15, 0.2) is 0 Å². The molecule has 2 rings (SSSR count). The summed E-state index contributed by atoms with van der Waals surface area (Å²) in [4.78, 5) is 9.48. The smallest absolute Gasteiger partial charge is 0.134 e. The van der Waals surface area contributed by atoms with Gasteiger partial charge in [0, 0.05) is 24.4 Å². The van der Waals surface area contributed by atoms with Crippen LogP contribution in [0.25, 0.3) is 0 Å². The summed E-state index contributed by atoms with van der Waals surface area (Å²) in [7, 11) is 1.93. The van der Waals surface area contributed by atoms with Crippen LogP contribution in [0.1, 0.15) is 64.4 Å². The van der Waals surface area contributed by atoms with Crippen LogP contribution in [0.5, 0.6) is 0 Å². The molecular weight excluding hydrogens is 222 g/mol. The lowest BCUT2D eigenvalue weighted by Crippen LogP contribution is -2.17. The van der Waals surface area contributed by atoms with Gasteiger partial charge in [-0.1, -0.05) is 27.7 Å². The highest BCUT2D eigenvalue weighted by Gasteiger charge is 2.27. The summed E-state index contributed by atoms with van der Waals surface area (Å²) in [6, 6.07) is 2.07. The van der Waals surface area contributed by atoms with Gasteiger partial charge in [-0.2, -0.15) is 0 Å². The highest BCUT2D eigenvalue weighted by Crippen LogP contribution is 2.37. The van der Waals surface area contributed by atoms with Gasteiger partial charge in [-0.3, -0.25) is 0 Å². The summed E-state index contributed by atoms with van der Waals surface area (Å²) in [6.07, 6.45) is 3.78. The summed E-state index contributed by atoms with van der Waals surface area (Å²) >= 11 is 0. The molecule has 3 heteroatoms. The van der Waals surface area contributed by atoms with Crippen LogP contribution in [0.3, 0.4) is 0 Å². The van der Waals surface area contributed by atoms with Crippen molar-refractivity contribution in [2.24, 2.45) is 5.92 Å². The predicted molar refractivity (Wildman–Crippen MR) is 76.0 cm³/mol. The highest BCUT2D eigenvalue weighted by molar-refractivity contribution is 5.37. The van der Waals surface area contributed by atoms with E-state index < -0.39 is 0 Å². The number of nitrogens with zero attached hydrogens (tertiary/aromatic N) is 2. The van der Waals surface area contributed by atoms with Crippen LogP contribution in [0.2, 0.25) is 0 Å². The molecule has 2 atom stereocenters. The Hall–Kier alpha value is -1.12. The summed E-state index contributed by atoms with van der Waals surface area (Å²) in [5.41, 5.74) is 1.21. The van der Waals surface area contributed by atoms with Crippen molar-refractivity contribution in [1.82, 2.24) is 9.97 Å². The number of hydrogen-bond acceptors (Lipinski definition) is 3. The standard InChI is InChI=1S/C15H25N3/c1-10-6-7-11(8-10)14-17-12(15(2,3)4)9-13(16-5)18-14/h9-11H,6-8H2,1-5H3,(H,16,17,18). The lowest BCUT2D eigenvalue weighted by molar-refractivity contribution is 0.546. The monoisotopic (exact) mass is 247 g/mol. The molecule has 1 aromatic rings. The van der Waals surface area contributed by atoms with Crippen LogP contribution < -0.4 is 5.32 Å². The summed E-state index contributed by atoms with van der Waals surface area (Å²) in [6.45, 7) is 8.94. The van der Waals surface area contributed by atoms with Gasteiger partial charge in [-0.05, 0) is 25.2 Å². The Morgan fingerprint density at radius 2 is 1.94 bits per heavy atom. The molecule has 100 valence electrons. The Morgan fingerprint density at radius 1 is 1.22 bits per heavy atom. The molecule has 0 amide bonds. The van der Waals surface area contributed by atoms with Gasteiger partial charge in [0.25, 0.3) is 0 Å². The van der Waals surface area contributed by atoms with Crippen LogP contribution >= 0.6 is 0 Å². The largest absolute Gasteiger partial charge is 0.373 e. The molecule has 0 radical (unpaired) electrons. The third-order valence-corrected chi connectivity index (χ3v) is 3.83. The molecule has 0 aromatic carbocycles. The average Bonchev–Trinajstić information content (AvgIpc) is 2.74. The molecule has 1 N–H and O–H groups in total. The zero-order valence-electron chi connectivity index (χ0n) is 12.2. The number of anilines is 1. The fourth-order valence-electron chi connectivity index (χ4n) is 2.60. The molecule has 1 fully saturated rings. The van der Waals surface area contributed by atoms with E-state index in [4.69, 9.17) is 4.98 Å². The first-order valence-corrected chi connectivity index (χ1v) is 6.97. The van der Waals surface area contributed by atoms with Gasteiger partial charge in [0.1, 0.15) is 11.6 Å². The first-order valence-electron chi connectivity index (χ1n) is 6.97. The lowest BCUT2D eigenvalue weighted by Gasteiger charge is -2.20. The maximum atomic E-state index is 4.82. The Kier molecular flexibility index (Phi) is 3.60. The van der Waals surface area contributed by atoms with E-state index in [-0.39, 0.29) is 5.41 Å². The van der Waals surface area contributed by atoms with Gasteiger partial charge >= 0.3 is 0 Å². The van der Waals surface area contributed by atoms with Gasteiger partial charge < -0.3 is 5.32 Å². The van der Waals surface area contributed by atoms with Crippen molar-refractivity contribution in [1.29, 1.82) is 0 Å². The highest BCUT2D eigenvalue weighted by atomic mass is 15.0. The van der Waals surface area contributed by atoms with Crippen molar-refractivity contribution in [3.05, 3.63) is 17.6 Å². The van der Waals surface area contributed by atoms with Gasteiger partial charge in [-0.25, -0.2) is 9.97 Å². The molecule has 1 aliphatic carbocycles. The minimum atomic E-state index is 0.0769. The molecular formula is C15H25N3. The molecule has 1 aromatic heterocycles. The molecule has 0 aliphatic heterocycles. The summed E-state index contributed by atoms with van der Waals surface area (Å²) < 4.78 is 0. The Morgan fingerprint density at radius 3 is 2.44 bits per heavy atom. The molecule has 1 aliphatic rings. The van der Waals surface area contributed by atoms with Crippen molar-refractivity contribution < 1.29 is 0 Å². The number of rotatable bonds is 2. The molecule has 3 nitrogen and oxygen atoms in total. The molecule has 0 spiro atoms. The normalized spacial score (nSPS) is 24.3. The van der Waals surface area contributed by atoms with Crippen molar-refractivity contribution in [2.45, 2.75) is 58.3 Å². The van der Waals surface area contributed by atoms with E-state index in [1.807, 2.05) is 7.05 Å². The minimum absolute atomic E-state index is 0.0769. The summed E-state index contributed by atoms with van der Waals surface area (Å²) in [5, 5.41) is 3.16. The first kappa shape index (κ1) is 13.3. The third kappa shape index (κ3) is 2.82. The number of hydrogen-bond donors (Lipinski definition) is 1. The quantitative estimate of drug-likeness (QED) is 0.865. The van der Waals surface area contributed by atoms with E-state index in [1.54, 1.807) is 0 Å². The zero-order valence-corrected chi connectivity index (χ0v) is 12.2. The molecule has 0 bridgehead atoms. The summed E-state index contributed by atoms with van der Waals surface area (Å²) in [5.74, 6) is 3.35. The molecule has 1 heterocycles. The number of aromatic nitrogens is 2. The van der Waals surface area contributed by atoms with Crippen molar-refractivity contribution in [3.8, 4) is 0 Å². The SMILES string of the molecule is CNc1cc(C(C)(C)C)nc(C2CCC(C)C2)n1. The zero-order chi connectivity index (χ0) is 13.3. The Bertz CT molecular complexity index is 420. The maximum absolute atomic E-state index is 4.82. The molecule has 0 saturated heterocycles. The second kappa shape index (κ2) is 4.87. The van der Waals surface area contributed by atoms with E-state index in [2.05, 4.69) is 44.1 Å². The van der Waals surface area contributed by atoms with E-state index in [0.29, 0.717) is 5.92 Å².